The fraction of sp³-hybridized carbons (Fsp3) is 0.280. The van der Waals surface area contributed by atoms with Crippen LogP contribution in [0.15, 0.2) is 76.1 Å². The van der Waals surface area contributed by atoms with Crippen molar-refractivity contribution in [2.45, 2.75) is 49.3 Å². The van der Waals surface area contributed by atoms with Crippen LogP contribution in [0.2, 0.25) is 0 Å². The molecule has 1 aliphatic rings. The molecular formula is C25H25BrN2O3S. The van der Waals surface area contributed by atoms with Crippen molar-refractivity contribution in [3.8, 4) is 0 Å². The molecular weight excluding hydrogens is 488 g/mol. The normalized spacial score (nSPS) is 21.9. The lowest BCUT2D eigenvalue weighted by Gasteiger charge is -2.36. The van der Waals surface area contributed by atoms with Gasteiger partial charge >= 0.3 is 0 Å². The van der Waals surface area contributed by atoms with Crippen LogP contribution in [-0.4, -0.2) is 30.2 Å². The molecule has 1 aromatic heterocycles. The lowest BCUT2D eigenvalue weighted by Crippen LogP contribution is -2.49. The molecule has 0 bridgehead atoms. The maximum Gasteiger partial charge on any atom is 0.240 e. The van der Waals surface area contributed by atoms with Gasteiger partial charge in [-0.2, -0.15) is 0 Å². The fourth-order valence-electron chi connectivity index (χ4n) is 4.88. The predicted molar refractivity (Wildman–Crippen MR) is 131 cm³/mol. The van der Waals surface area contributed by atoms with Crippen LogP contribution in [0.3, 0.4) is 0 Å². The van der Waals surface area contributed by atoms with Gasteiger partial charge in [0.25, 0.3) is 0 Å². The van der Waals surface area contributed by atoms with Crippen LogP contribution in [0.5, 0.6) is 0 Å². The van der Waals surface area contributed by atoms with Gasteiger partial charge in [-0.3, -0.25) is 0 Å². The van der Waals surface area contributed by atoms with E-state index < -0.39 is 22.2 Å². The van der Waals surface area contributed by atoms with Gasteiger partial charge in [0, 0.05) is 26.3 Å². The number of hydrogen-bond donors (Lipinski definition) is 2. The van der Waals surface area contributed by atoms with Crippen molar-refractivity contribution in [2.75, 3.05) is 0 Å². The summed E-state index contributed by atoms with van der Waals surface area (Å²) in [5.41, 5.74) is 3.09. The molecule has 1 saturated carbocycles. The summed E-state index contributed by atoms with van der Waals surface area (Å²) in [6, 6.07) is 20.3. The summed E-state index contributed by atoms with van der Waals surface area (Å²) in [5, 5.41) is 13.6. The van der Waals surface area contributed by atoms with Gasteiger partial charge in [0.15, 0.2) is 0 Å². The third-order valence-electron chi connectivity index (χ3n) is 6.46. The second kappa shape index (κ2) is 8.30. The minimum Gasteiger partial charge on any atom is -0.389 e. The van der Waals surface area contributed by atoms with Crippen molar-refractivity contribution in [1.82, 2.24) is 9.29 Å². The Morgan fingerprint density at radius 1 is 0.969 bits per heavy atom. The number of para-hydroxylation sites is 1. The highest BCUT2D eigenvalue weighted by Crippen LogP contribution is 2.39. The smallest absolute Gasteiger partial charge is 0.240 e. The van der Waals surface area contributed by atoms with Crippen LogP contribution < -0.4 is 4.72 Å². The Kier molecular flexibility index (Phi) is 5.61. The van der Waals surface area contributed by atoms with Crippen molar-refractivity contribution in [1.29, 1.82) is 0 Å². The number of aliphatic hydroxyl groups is 1. The molecule has 0 aliphatic heterocycles. The summed E-state index contributed by atoms with van der Waals surface area (Å²) in [5.74, 6) is 0. The summed E-state index contributed by atoms with van der Waals surface area (Å²) >= 11 is 3.57. The number of nitrogens with zero attached hydrogens (tertiary/aromatic N) is 1. The topological polar surface area (TPSA) is 71.3 Å². The highest BCUT2D eigenvalue weighted by atomic mass is 79.9. The third-order valence-corrected chi connectivity index (χ3v) is 8.46. The van der Waals surface area contributed by atoms with E-state index in [-0.39, 0.29) is 10.9 Å². The molecule has 0 saturated heterocycles. The number of aromatic nitrogens is 1. The van der Waals surface area contributed by atoms with Gasteiger partial charge in [0.05, 0.1) is 23.1 Å². The maximum absolute atomic E-state index is 13.0. The molecule has 1 heterocycles. The van der Waals surface area contributed by atoms with Gasteiger partial charge in [-0.05, 0) is 62.6 Å². The van der Waals surface area contributed by atoms with E-state index in [0.717, 1.165) is 44.7 Å². The van der Waals surface area contributed by atoms with E-state index in [4.69, 9.17) is 0 Å². The van der Waals surface area contributed by atoms with Crippen molar-refractivity contribution in [3.05, 3.63) is 76.8 Å². The third kappa shape index (κ3) is 3.77. The molecule has 7 heteroatoms. The monoisotopic (exact) mass is 512 g/mol. The molecule has 32 heavy (non-hydrogen) atoms. The van der Waals surface area contributed by atoms with Gasteiger partial charge in [-0.25, -0.2) is 13.1 Å². The summed E-state index contributed by atoms with van der Waals surface area (Å²) in [6.07, 6.45) is 1.37. The lowest BCUT2D eigenvalue weighted by atomic mass is 9.88. The molecule has 5 nitrogen and oxygen atoms in total. The minimum atomic E-state index is -3.72. The van der Waals surface area contributed by atoms with Gasteiger partial charge in [0.2, 0.25) is 10.0 Å². The van der Waals surface area contributed by atoms with E-state index in [1.807, 2.05) is 25.1 Å². The molecule has 0 radical (unpaired) electrons. The Labute approximate surface area is 196 Å². The molecule has 0 unspecified atom stereocenters. The van der Waals surface area contributed by atoms with Crippen LogP contribution in [0, 0.1) is 6.92 Å². The van der Waals surface area contributed by atoms with Crippen molar-refractivity contribution >= 4 is 47.8 Å². The standard InChI is InChI=1S/C25H25BrN2O3S/c1-16-9-12-18(13-10-16)32(30,31)27-21-6-4-8-24(25(21)29)28-22-7-3-2-5-19(22)20-15-17(26)11-14-23(20)28/h2-3,5,7,9-15,21,24-25,27,29H,4,6,8H2,1H3/t21-,24+,25+/m1/s1. The number of aryl methyl sites for hydroxylation is 1. The zero-order valence-corrected chi connectivity index (χ0v) is 20.1. The molecule has 1 fully saturated rings. The highest BCUT2D eigenvalue weighted by molar-refractivity contribution is 9.10. The Hall–Kier alpha value is -2.19. The van der Waals surface area contributed by atoms with Crippen LogP contribution in [0.25, 0.3) is 21.8 Å². The SMILES string of the molecule is Cc1ccc(S(=O)(=O)N[C@@H]2CCC[C@H](n3c4ccccc4c4cc(Br)ccc43)[C@H]2O)cc1. The Balaban J connectivity index is 1.53. The molecule has 166 valence electrons. The Morgan fingerprint density at radius 2 is 1.69 bits per heavy atom. The van der Waals surface area contributed by atoms with E-state index in [1.165, 1.54) is 0 Å². The molecule has 0 amide bonds. The van der Waals surface area contributed by atoms with Gasteiger partial charge in [-0.15, -0.1) is 0 Å². The molecule has 0 spiro atoms. The number of aliphatic hydroxyl groups excluding tert-OH is 1. The predicted octanol–water partition coefficient (Wildman–Crippen LogP) is 5.30. The summed E-state index contributed by atoms with van der Waals surface area (Å²) in [6.45, 7) is 1.92. The molecule has 5 rings (SSSR count). The molecule has 3 atom stereocenters. The number of nitrogens with one attached hydrogen (secondary N) is 1. The second-order valence-electron chi connectivity index (χ2n) is 8.58. The molecule has 1 aliphatic carbocycles. The minimum absolute atomic E-state index is 0.221. The summed E-state index contributed by atoms with van der Waals surface area (Å²) < 4.78 is 31.9. The number of sulfonamides is 1. The Morgan fingerprint density at radius 3 is 2.47 bits per heavy atom. The zero-order chi connectivity index (χ0) is 22.5. The fourth-order valence-corrected chi connectivity index (χ4v) is 6.53. The maximum atomic E-state index is 13.0. The molecule has 2 N–H and O–H groups in total. The number of benzene rings is 3. The Bertz CT molecular complexity index is 1400. The van der Waals surface area contributed by atoms with Crippen LogP contribution in [0.4, 0.5) is 0 Å². The van der Waals surface area contributed by atoms with Gasteiger partial charge < -0.3 is 9.67 Å². The van der Waals surface area contributed by atoms with Crippen molar-refractivity contribution in [2.24, 2.45) is 0 Å². The second-order valence-corrected chi connectivity index (χ2v) is 11.2. The van der Waals surface area contributed by atoms with Gasteiger partial charge in [0.1, 0.15) is 0 Å². The largest absolute Gasteiger partial charge is 0.389 e. The van der Waals surface area contributed by atoms with Crippen molar-refractivity contribution < 1.29 is 13.5 Å². The first-order valence-electron chi connectivity index (χ1n) is 10.8. The first-order valence-corrected chi connectivity index (χ1v) is 13.1. The van der Waals surface area contributed by atoms with E-state index in [2.05, 4.69) is 49.5 Å². The van der Waals surface area contributed by atoms with E-state index in [1.54, 1.807) is 24.3 Å². The van der Waals surface area contributed by atoms with Crippen LogP contribution in [0.1, 0.15) is 30.9 Å². The number of fused-ring (bicyclic) bond motifs is 3. The summed E-state index contributed by atoms with van der Waals surface area (Å²) in [4.78, 5) is 0.221. The first-order chi connectivity index (χ1) is 15.3. The molecule has 3 aromatic carbocycles. The summed E-state index contributed by atoms with van der Waals surface area (Å²) in [7, 11) is -3.72. The van der Waals surface area contributed by atoms with Crippen molar-refractivity contribution in [3.63, 3.8) is 0 Å². The number of hydrogen-bond acceptors (Lipinski definition) is 3. The van der Waals surface area contributed by atoms with E-state index in [9.17, 15) is 13.5 Å². The average molecular weight is 513 g/mol. The zero-order valence-electron chi connectivity index (χ0n) is 17.7. The van der Waals surface area contributed by atoms with Crippen LogP contribution >= 0.6 is 15.9 Å². The highest BCUT2D eigenvalue weighted by Gasteiger charge is 2.36. The quantitative estimate of drug-likeness (QED) is 0.389. The molecule has 4 aromatic rings. The van der Waals surface area contributed by atoms with E-state index >= 15 is 0 Å². The number of halogens is 1. The van der Waals surface area contributed by atoms with Crippen LogP contribution in [-0.2, 0) is 10.0 Å². The lowest BCUT2D eigenvalue weighted by molar-refractivity contribution is 0.0547. The van der Waals surface area contributed by atoms with Gasteiger partial charge in [-0.1, -0.05) is 51.8 Å². The number of rotatable bonds is 4. The van der Waals surface area contributed by atoms with E-state index in [0.29, 0.717) is 6.42 Å². The average Bonchev–Trinajstić information content (AvgIpc) is 3.09. The first kappa shape index (κ1) is 21.6.